The van der Waals surface area contributed by atoms with Crippen molar-refractivity contribution in [2.75, 3.05) is 26.6 Å². The lowest BCUT2D eigenvalue weighted by atomic mass is 10.2. The molecule has 0 saturated carbocycles. The van der Waals surface area contributed by atoms with Crippen LogP contribution in [0.3, 0.4) is 0 Å². The summed E-state index contributed by atoms with van der Waals surface area (Å²) < 4.78 is 14.1. The van der Waals surface area contributed by atoms with Crippen LogP contribution in [-0.2, 0) is 14.3 Å². The molecule has 0 aliphatic rings. The lowest BCUT2D eigenvalue weighted by Crippen LogP contribution is -2.16. The minimum Gasteiger partial charge on any atom is -0.494 e. The van der Waals surface area contributed by atoms with Gasteiger partial charge in [0.25, 0.3) is 0 Å². The van der Waals surface area contributed by atoms with Crippen LogP contribution in [-0.4, -0.2) is 32.8 Å². The third-order valence-corrected chi connectivity index (χ3v) is 2.02. The number of para-hydroxylation sites is 1. The zero-order chi connectivity index (χ0) is 12.8. The van der Waals surface area contributed by atoms with Crippen molar-refractivity contribution >= 4 is 17.6 Å². The molecule has 0 amide bonds. The lowest BCUT2D eigenvalue weighted by Gasteiger charge is -2.09. The molecular weight excluding hydrogens is 226 g/mol. The van der Waals surface area contributed by atoms with Crippen LogP contribution >= 0.6 is 0 Å². The molecule has 0 atom stereocenters. The van der Waals surface area contributed by atoms with Crippen molar-refractivity contribution < 1.29 is 23.8 Å². The third kappa shape index (κ3) is 3.10. The minimum absolute atomic E-state index is 0.163. The highest BCUT2D eigenvalue weighted by Crippen LogP contribution is 2.26. The summed E-state index contributed by atoms with van der Waals surface area (Å²) in [4.78, 5) is 22.4. The Hall–Kier alpha value is -2.24. The van der Waals surface area contributed by atoms with Crippen molar-refractivity contribution in [2.45, 2.75) is 0 Å². The van der Waals surface area contributed by atoms with E-state index in [9.17, 15) is 9.59 Å². The molecule has 0 aromatic heterocycles. The second-order valence-electron chi connectivity index (χ2n) is 3.08. The Morgan fingerprint density at radius 1 is 1.29 bits per heavy atom. The molecule has 6 nitrogen and oxygen atoms in total. The van der Waals surface area contributed by atoms with Crippen molar-refractivity contribution in [3.8, 4) is 5.75 Å². The predicted molar refractivity (Wildman–Crippen MR) is 59.7 cm³/mol. The standard InChI is InChI=1S/C11H13NO5/c1-15-9(13)6-17-11(14)7-4-3-5-8(12)10(7)16-2/h3-5H,6,12H2,1-2H3. The average Bonchev–Trinajstić information content (AvgIpc) is 2.35. The number of hydrogen-bond acceptors (Lipinski definition) is 6. The molecule has 0 unspecified atom stereocenters. The van der Waals surface area contributed by atoms with Crippen LogP contribution in [0.4, 0.5) is 5.69 Å². The van der Waals surface area contributed by atoms with Crippen molar-refractivity contribution in [1.82, 2.24) is 0 Å². The van der Waals surface area contributed by atoms with Gasteiger partial charge in [-0.2, -0.15) is 0 Å². The first kappa shape index (κ1) is 12.8. The fourth-order valence-corrected chi connectivity index (χ4v) is 1.20. The normalized spacial score (nSPS) is 9.53. The molecule has 2 N–H and O–H groups in total. The summed E-state index contributed by atoms with van der Waals surface area (Å²) in [6, 6.07) is 4.68. The summed E-state index contributed by atoms with van der Waals surface area (Å²) >= 11 is 0. The van der Waals surface area contributed by atoms with E-state index in [1.165, 1.54) is 20.3 Å². The zero-order valence-electron chi connectivity index (χ0n) is 9.56. The maximum atomic E-state index is 11.6. The van der Waals surface area contributed by atoms with Crippen molar-refractivity contribution in [2.24, 2.45) is 0 Å². The van der Waals surface area contributed by atoms with Crippen molar-refractivity contribution in [3.63, 3.8) is 0 Å². The molecule has 17 heavy (non-hydrogen) atoms. The summed E-state index contributed by atoms with van der Waals surface area (Å²) in [5, 5.41) is 0. The maximum absolute atomic E-state index is 11.6. The van der Waals surface area contributed by atoms with E-state index in [1.54, 1.807) is 12.1 Å². The zero-order valence-corrected chi connectivity index (χ0v) is 9.56. The Kier molecular flexibility index (Phi) is 4.33. The van der Waals surface area contributed by atoms with Gasteiger partial charge in [0.2, 0.25) is 0 Å². The van der Waals surface area contributed by atoms with Crippen LogP contribution in [0.5, 0.6) is 5.75 Å². The molecule has 1 aromatic carbocycles. The summed E-state index contributed by atoms with van der Waals surface area (Å²) in [5.41, 5.74) is 6.11. The molecule has 92 valence electrons. The van der Waals surface area contributed by atoms with Crippen molar-refractivity contribution in [1.29, 1.82) is 0 Å². The molecule has 0 aliphatic heterocycles. The molecule has 0 saturated heterocycles. The Labute approximate surface area is 98.3 Å². The first-order chi connectivity index (χ1) is 8.10. The number of anilines is 1. The Morgan fingerprint density at radius 3 is 2.59 bits per heavy atom. The molecule has 0 spiro atoms. The molecule has 0 fully saturated rings. The lowest BCUT2D eigenvalue weighted by molar-refractivity contribution is -0.144. The summed E-state index contributed by atoms with van der Waals surface area (Å²) in [6.45, 7) is -0.451. The van der Waals surface area contributed by atoms with Gasteiger partial charge in [-0.05, 0) is 12.1 Å². The highest BCUT2D eigenvalue weighted by Gasteiger charge is 2.16. The number of ether oxygens (including phenoxy) is 3. The molecule has 0 heterocycles. The van der Waals surface area contributed by atoms with Gasteiger partial charge >= 0.3 is 11.9 Å². The average molecular weight is 239 g/mol. The summed E-state index contributed by atoms with van der Waals surface area (Å²) in [6.07, 6.45) is 0. The second-order valence-corrected chi connectivity index (χ2v) is 3.08. The van der Waals surface area contributed by atoms with Gasteiger partial charge in [0.15, 0.2) is 12.4 Å². The van der Waals surface area contributed by atoms with Crippen molar-refractivity contribution in [3.05, 3.63) is 23.8 Å². The SMILES string of the molecule is COC(=O)COC(=O)c1cccc(N)c1OC. The largest absolute Gasteiger partial charge is 0.494 e. The quantitative estimate of drug-likeness (QED) is 0.611. The predicted octanol–water partition coefficient (Wildman–Crippen LogP) is 0.607. The van der Waals surface area contributed by atoms with Crippen LogP contribution in [0, 0.1) is 0 Å². The highest BCUT2D eigenvalue weighted by atomic mass is 16.6. The number of esters is 2. The number of rotatable bonds is 4. The van der Waals surface area contributed by atoms with E-state index in [0.717, 1.165) is 0 Å². The van der Waals surface area contributed by atoms with Gasteiger partial charge < -0.3 is 19.9 Å². The molecule has 0 bridgehead atoms. The van der Waals surface area contributed by atoms with E-state index in [0.29, 0.717) is 5.69 Å². The number of nitrogen functional groups attached to an aromatic ring is 1. The topological polar surface area (TPSA) is 87.9 Å². The molecule has 0 aliphatic carbocycles. The van der Waals surface area contributed by atoms with Gasteiger partial charge in [-0.25, -0.2) is 9.59 Å². The fraction of sp³-hybridized carbons (Fsp3) is 0.273. The van der Waals surface area contributed by atoms with Crippen LogP contribution in [0.1, 0.15) is 10.4 Å². The van der Waals surface area contributed by atoms with Gasteiger partial charge in [-0.3, -0.25) is 0 Å². The number of methoxy groups -OCH3 is 2. The van der Waals surface area contributed by atoms with Gasteiger partial charge in [-0.1, -0.05) is 6.07 Å². The van der Waals surface area contributed by atoms with E-state index >= 15 is 0 Å². The summed E-state index contributed by atoms with van der Waals surface area (Å²) in [7, 11) is 2.60. The number of carbonyl (C=O) groups is 2. The van der Waals surface area contributed by atoms with Gasteiger partial charge in [0.1, 0.15) is 5.56 Å². The Bertz CT molecular complexity index is 430. The molecule has 0 radical (unpaired) electrons. The van der Waals surface area contributed by atoms with Gasteiger partial charge in [0.05, 0.1) is 19.9 Å². The third-order valence-electron chi connectivity index (χ3n) is 2.02. The van der Waals surface area contributed by atoms with Crippen LogP contribution in [0.15, 0.2) is 18.2 Å². The van der Waals surface area contributed by atoms with E-state index in [1.807, 2.05) is 0 Å². The first-order valence-electron chi connectivity index (χ1n) is 4.76. The van der Waals surface area contributed by atoms with Crippen LogP contribution < -0.4 is 10.5 Å². The molecule has 1 rings (SSSR count). The second kappa shape index (κ2) is 5.74. The Morgan fingerprint density at radius 2 is 2.00 bits per heavy atom. The van der Waals surface area contributed by atoms with Crippen LogP contribution in [0.2, 0.25) is 0 Å². The highest BCUT2D eigenvalue weighted by molar-refractivity contribution is 5.95. The van der Waals surface area contributed by atoms with E-state index in [-0.39, 0.29) is 11.3 Å². The molecule has 1 aromatic rings. The number of nitrogens with two attached hydrogens (primary N) is 1. The number of hydrogen-bond donors (Lipinski definition) is 1. The monoisotopic (exact) mass is 239 g/mol. The Balaban J connectivity index is 2.82. The number of carbonyl (C=O) groups excluding carboxylic acids is 2. The van der Waals surface area contributed by atoms with Crippen LogP contribution in [0.25, 0.3) is 0 Å². The van der Waals surface area contributed by atoms with Gasteiger partial charge in [-0.15, -0.1) is 0 Å². The smallest absolute Gasteiger partial charge is 0.344 e. The molecular formula is C11H13NO5. The van der Waals surface area contributed by atoms with Gasteiger partial charge in [0, 0.05) is 0 Å². The van der Waals surface area contributed by atoms with E-state index in [4.69, 9.17) is 15.2 Å². The fourth-order valence-electron chi connectivity index (χ4n) is 1.20. The maximum Gasteiger partial charge on any atom is 0.344 e. The molecule has 6 heteroatoms. The minimum atomic E-state index is -0.695. The van der Waals surface area contributed by atoms with E-state index in [2.05, 4.69) is 4.74 Å². The first-order valence-corrected chi connectivity index (χ1v) is 4.76. The number of benzene rings is 1. The van der Waals surface area contributed by atoms with E-state index < -0.39 is 18.5 Å². The summed E-state index contributed by atoms with van der Waals surface area (Å²) in [5.74, 6) is -1.11.